The monoisotopic (exact) mass is 400 g/mol. The molecule has 0 aliphatic rings. The number of aromatic nitrogens is 2. The summed E-state index contributed by atoms with van der Waals surface area (Å²) in [5.41, 5.74) is 4.10. The van der Waals surface area contributed by atoms with Crippen LogP contribution in [0, 0.1) is 6.92 Å². The van der Waals surface area contributed by atoms with Crippen LogP contribution in [0.3, 0.4) is 0 Å². The van der Waals surface area contributed by atoms with E-state index in [1.54, 1.807) is 13.4 Å². The first-order valence-electron chi connectivity index (χ1n) is 8.59. The molecule has 0 spiro atoms. The number of ether oxygens (including phenoxy) is 2. The lowest BCUT2D eigenvalue weighted by Gasteiger charge is -2.11. The Balaban J connectivity index is 1.92. The molecule has 0 N–H and O–H groups in total. The molecule has 0 aliphatic heterocycles. The number of nitrogens with zero attached hydrogens (tertiary/aromatic N) is 2. The van der Waals surface area contributed by atoms with E-state index in [9.17, 15) is 0 Å². The van der Waals surface area contributed by atoms with Gasteiger partial charge in [0.15, 0.2) is 5.82 Å². The second-order valence-electron chi connectivity index (χ2n) is 6.29. The Kier molecular flexibility index (Phi) is 6.14. The third kappa shape index (κ3) is 4.49. The molecular formula is C21H21ClN2O2S. The van der Waals surface area contributed by atoms with Gasteiger partial charge in [-0.15, -0.1) is 0 Å². The summed E-state index contributed by atoms with van der Waals surface area (Å²) in [4.78, 5) is 4.72. The largest absolute Gasteiger partial charge is 0.504 e. The second kappa shape index (κ2) is 8.55. The molecular weight excluding hydrogens is 380 g/mol. The van der Waals surface area contributed by atoms with Crippen LogP contribution >= 0.6 is 23.1 Å². The lowest BCUT2D eigenvalue weighted by Crippen LogP contribution is -2.05. The van der Waals surface area contributed by atoms with E-state index in [0.717, 1.165) is 27.3 Å². The van der Waals surface area contributed by atoms with Crippen LogP contribution in [0.1, 0.15) is 25.0 Å². The van der Waals surface area contributed by atoms with Gasteiger partial charge >= 0.3 is 0 Å². The van der Waals surface area contributed by atoms with E-state index in [1.165, 1.54) is 11.5 Å². The van der Waals surface area contributed by atoms with Crippen molar-refractivity contribution in [3.63, 3.8) is 0 Å². The fourth-order valence-electron chi connectivity index (χ4n) is 2.65. The minimum absolute atomic E-state index is 0.0730. The summed E-state index contributed by atoms with van der Waals surface area (Å²) in [5.74, 6) is 1.38. The first-order chi connectivity index (χ1) is 13.0. The van der Waals surface area contributed by atoms with Gasteiger partial charge in [0, 0.05) is 11.1 Å². The molecule has 4 nitrogen and oxygen atoms in total. The van der Waals surface area contributed by atoms with Crippen LogP contribution in [0.15, 0.2) is 42.7 Å². The van der Waals surface area contributed by atoms with E-state index < -0.39 is 0 Å². The highest BCUT2D eigenvalue weighted by Gasteiger charge is 2.13. The molecule has 0 fully saturated rings. The highest BCUT2D eigenvalue weighted by Crippen LogP contribution is 2.33. The Labute approximate surface area is 168 Å². The standard InChI is InChI=1S/C21H21ClN2O2S/c1-13(2)26-19-9-8-16(12-18(19)22)21-23-20(24-27-21)17-7-5-6-15(14(17)3)10-11-25-4/h5-13H,1-4H3. The molecule has 6 heteroatoms. The van der Waals surface area contributed by atoms with Gasteiger partial charge in [-0.3, -0.25) is 0 Å². The van der Waals surface area contributed by atoms with Crippen LogP contribution in [-0.4, -0.2) is 22.6 Å². The Morgan fingerprint density at radius 2 is 2.00 bits per heavy atom. The highest BCUT2D eigenvalue weighted by molar-refractivity contribution is 7.09. The number of benzene rings is 2. The average molecular weight is 401 g/mol. The fraction of sp³-hybridized carbons (Fsp3) is 0.238. The molecule has 0 aliphatic carbocycles. The van der Waals surface area contributed by atoms with Crippen molar-refractivity contribution in [1.82, 2.24) is 9.36 Å². The van der Waals surface area contributed by atoms with Crippen LogP contribution in [0.5, 0.6) is 5.75 Å². The van der Waals surface area contributed by atoms with Crippen LogP contribution < -0.4 is 4.74 Å². The molecule has 27 heavy (non-hydrogen) atoms. The normalized spacial score (nSPS) is 11.3. The Morgan fingerprint density at radius 3 is 2.70 bits per heavy atom. The van der Waals surface area contributed by atoms with Crippen molar-refractivity contribution in [2.75, 3.05) is 7.11 Å². The summed E-state index contributed by atoms with van der Waals surface area (Å²) >= 11 is 7.71. The molecule has 0 atom stereocenters. The smallest absolute Gasteiger partial charge is 0.173 e. The maximum atomic E-state index is 6.35. The molecule has 0 unspecified atom stereocenters. The van der Waals surface area contributed by atoms with Crippen LogP contribution in [-0.2, 0) is 4.74 Å². The average Bonchev–Trinajstić information content (AvgIpc) is 3.12. The van der Waals surface area contributed by atoms with E-state index in [0.29, 0.717) is 16.6 Å². The highest BCUT2D eigenvalue weighted by atomic mass is 35.5. The predicted octanol–water partition coefficient (Wildman–Crippen LogP) is 6.24. The lowest BCUT2D eigenvalue weighted by molar-refractivity contribution is 0.242. The summed E-state index contributed by atoms with van der Waals surface area (Å²) in [6.07, 6.45) is 3.66. The number of halogens is 1. The van der Waals surface area contributed by atoms with Crippen molar-refractivity contribution >= 4 is 29.2 Å². The molecule has 0 saturated carbocycles. The van der Waals surface area contributed by atoms with Crippen LogP contribution in [0.25, 0.3) is 28.0 Å². The fourth-order valence-corrected chi connectivity index (χ4v) is 3.55. The van der Waals surface area contributed by atoms with E-state index >= 15 is 0 Å². The van der Waals surface area contributed by atoms with Gasteiger partial charge in [-0.1, -0.05) is 29.8 Å². The first kappa shape index (κ1) is 19.4. The third-order valence-corrected chi connectivity index (χ3v) is 5.03. The SMILES string of the molecule is COC=Cc1cccc(-c2nsc(-c3ccc(OC(C)C)c(Cl)c3)n2)c1C. The van der Waals surface area contributed by atoms with Gasteiger partial charge in [0.05, 0.1) is 24.5 Å². The third-order valence-electron chi connectivity index (χ3n) is 3.97. The van der Waals surface area contributed by atoms with Gasteiger partial charge in [0.1, 0.15) is 10.8 Å². The van der Waals surface area contributed by atoms with E-state index in [4.69, 9.17) is 26.1 Å². The van der Waals surface area contributed by atoms with Gasteiger partial charge in [0.2, 0.25) is 0 Å². The van der Waals surface area contributed by atoms with Crippen molar-refractivity contribution in [1.29, 1.82) is 0 Å². The molecule has 3 rings (SSSR count). The van der Waals surface area contributed by atoms with Crippen LogP contribution in [0.2, 0.25) is 5.02 Å². The van der Waals surface area contributed by atoms with Crippen LogP contribution in [0.4, 0.5) is 0 Å². The molecule has 0 saturated heterocycles. The molecule has 2 aromatic carbocycles. The van der Waals surface area contributed by atoms with Crippen molar-refractivity contribution < 1.29 is 9.47 Å². The molecule has 0 radical (unpaired) electrons. The number of rotatable bonds is 6. The minimum Gasteiger partial charge on any atom is -0.504 e. The first-order valence-corrected chi connectivity index (χ1v) is 9.74. The van der Waals surface area contributed by atoms with Crippen molar-refractivity contribution in [2.24, 2.45) is 0 Å². The summed E-state index contributed by atoms with van der Waals surface area (Å²) in [6.45, 7) is 6.00. The zero-order valence-corrected chi connectivity index (χ0v) is 17.3. The maximum absolute atomic E-state index is 6.35. The van der Waals surface area contributed by atoms with Crippen molar-refractivity contribution in [3.05, 3.63) is 58.8 Å². The van der Waals surface area contributed by atoms with E-state index in [2.05, 4.69) is 11.3 Å². The van der Waals surface area contributed by atoms with Gasteiger partial charge in [0.25, 0.3) is 0 Å². The lowest BCUT2D eigenvalue weighted by atomic mass is 10.0. The minimum atomic E-state index is 0.0730. The van der Waals surface area contributed by atoms with Gasteiger partial charge in [-0.2, -0.15) is 4.37 Å². The maximum Gasteiger partial charge on any atom is 0.173 e. The number of hydrogen-bond acceptors (Lipinski definition) is 5. The topological polar surface area (TPSA) is 44.2 Å². The Bertz CT molecular complexity index is 967. The van der Waals surface area contributed by atoms with E-state index in [1.807, 2.05) is 56.3 Å². The molecule has 1 heterocycles. The van der Waals surface area contributed by atoms with Gasteiger partial charge in [-0.05, 0) is 67.7 Å². The summed E-state index contributed by atoms with van der Waals surface area (Å²) in [7, 11) is 1.63. The second-order valence-corrected chi connectivity index (χ2v) is 7.45. The van der Waals surface area contributed by atoms with Gasteiger partial charge < -0.3 is 9.47 Å². The molecule has 1 aromatic heterocycles. The van der Waals surface area contributed by atoms with Gasteiger partial charge in [-0.25, -0.2) is 4.98 Å². The zero-order chi connectivity index (χ0) is 19.4. The Hall–Kier alpha value is -2.37. The summed E-state index contributed by atoms with van der Waals surface area (Å²) in [5, 5.41) is 1.39. The molecule has 0 bridgehead atoms. The van der Waals surface area contributed by atoms with E-state index in [-0.39, 0.29) is 6.10 Å². The quantitative estimate of drug-likeness (QED) is 0.459. The molecule has 140 valence electrons. The van der Waals surface area contributed by atoms with Crippen molar-refractivity contribution in [3.8, 4) is 27.7 Å². The molecule has 0 amide bonds. The number of hydrogen-bond donors (Lipinski definition) is 0. The Morgan fingerprint density at radius 1 is 1.19 bits per heavy atom. The van der Waals surface area contributed by atoms with Crippen molar-refractivity contribution in [2.45, 2.75) is 26.9 Å². The molecule has 3 aromatic rings. The number of methoxy groups -OCH3 is 1. The predicted molar refractivity (Wildman–Crippen MR) is 112 cm³/mol. The zero-order valence-electron chi connectivity index (χ0n) is 15.7. The summed E-state index contributed by atoms with van der Waals surface area (Å²) in [6, 6.07) is 11.8. The summed E-state index contributed by atoms with van der Waals surface area (Å²) < 4.78 is 15.3.